The fourth-order valence-electron chi connectivity index (χ4n) is 2.42. The van der Waals surface area contributed by atoms with Gasteiger partial charge in [0.05, 0.1) is 17.4 Å². The average molecular weight is 332 g/mol. The number of halogens is 1. The van der Waals surface area contributed by atoms with E-state index in [-0.39, 0.29) is 5.82 Å². The predicted molar refractivity (Wildman–Crippen MR) is 94.5 cm³/mol. The zero-order valence-corrected chi connectivity index (χ0v) is 13.0. The molecule has 0 amide bonds. The van der Waals surface area contributed by atoms with Crippen LogP contribution in [-0.2, 0) is 0 Å². The summed E-state index contributed by atoms with van der Waals surface area (Å²) in [7, 11) is 0. The zero-order chi connectivity index (χ0) is 17.1. The van der Waals surface area contributed by atoms with Crippen LogP contribution in [0.4, 0.5) is 27.5 Å². The van der Waals surface area contributed by atoms with Gasteiger partial charge in [0, 0.05) is 17.3 Å². The van der Waals surface area contributed by atoms with Gasteiger partial charge in [0.25, 0.3) is 0 Å². The van der Waals surface area contributed by atoms with Crippen molar-refractivity contribution in [2.24, 2.45) is 0 Å². The SMILES string of the molecule is Fc1ccc(Nc2cnnc(Nc3cccc4cccnc34)n2)cc1. The normalized spacial score (nSPS) is 10.6. The average Bonchev–Trinajstić information content (AvgIpc) is 2.64. The fraction of sp³-hybridized carbons (Fsp3) is 0. The zero-order valence-electron chi connectivity index (χ0n) is 13.0. The number of aromatic nitrogens is 4. The highest BCUT2D eigenvalue weighted by Gasteiger charge is 2.06. The van der Waals surface area contributed by atoms with Crippen molar-refractivity contribution >= 4 is 34.0 Å². The molecule has 0 saturated heterocycles. The second-order valence-corrected chi connectivity index (χ2v) is 5.30. The highest BCUT2D eigenvalue weighted by Crippen LogP contribution is 2.23. The molecule has 0 bridgehead atoms. The summed E-state index contributed by atoms with van der Waals surface area (Å²) >= 11 is 0. The van der Waals surface area contributed by atoms with Gasteiger partial charge in [-0.15, -0.1) is 5.10 Å². The third-order valence-corrected chi connectivity index (χ3v) is 3.55. The molecule has 2 heterocycles. The maximum absolute atomic E-state index is 13.0. The number of para-hydroxylation sites is 1. The number of hydrogen-bond donors (Lipinski definition) is 2. The number of anilines is 4. The molecule has 0 atom stereocenters. The van der Waals surface area contributed by atoms with E-state index in [9.17, 15) is 4.39 Å². The predicted octanol–water partition coefficient (Wildman–Crippen LogP) is 4.05. The minimum atomic E-state index is -0.294. The molecule has 7 heteroatoms. The van der Waals surface area contributed by atoms with Crippen molar-refractivity contribution in [3.05, 3.63) is 72.8 Å². The maximum atomic E-state index is 13.0. The molecule has 4 rings (SSSR count). The lowest BCUT2D eigenvalue weighted by Crippen LogP contribution is -2.03. The molecule has 0 aliphatic carbocycles. The number of fused-ring (bicyclic) bond motifs is 1. The van der Waals surface area contributed by atoms with Crippen molar-refractivity contribution in [1.82, 2.24) is 20.2 Å². The smallest absolute Gasteiger partial charge is 0.249 e. The van der Waals surface area contributed by atoms with Gasteiger partial charge in [-0.05, 0) is 36.4 Å². The fourth-order valence-corrected chi connectivity index (χ4v) is 2.42. The first-order valence-corrected chi connectivity index (χ1v) is 7.61. The number of rotatable bonds is 4. The van der Waals surface area contributed by atoms with Crippen LogP contribution in [0.5, 0.6) is 0 Å². The third kappa shape index (κ3) is 3.35. The van der Waals surface area contributed by atoms with Crippen LogP contribution < -0.4 is 10.6 Å². The number of nitrogens with one attached hydrogen (secondary N) is 2. The summed E-state index contributed by atoms with van der Waals surface area (Å²) in [6.07, 6.45) is 3.23. The molecule has 2 aromatic heterocycles. The Labute approximate surface area is 142 Å². The minimum absolute atomic E-state index is 0.294. The topological polar surface area (TPSA) is 75.6 Å². The van der Waals surface area contributed by atoms with E-state index in [0.717, 1.165) is 16.6 Å². The van der Waals surface area contributed by atoms with Gasteiger partial charge >= 0.3 is 0 Å². The number of nitrogens with zero attached hydrogens (tertiary/aromatic N) is 4. The van der Waals surface area contributed by atoms with Crippen molar-refractivity contribution in [1.29, 1.82) is 0 Å². The van der Waals surface area contributed by atoms with Crippen LogP contribution in [0.1, 0.15) is 0 Å². The molecule has 2 aromatic carbocycles. The molecule has 0 spiro atoms. The van der Waals surface area contributed by atoms with Crippen molar-refractivity contribution < 1.29 is 4.39 Å². The van der Waals surface area contributed by atoms with E-state index in [0.29, 0.717) is 17.5 Å². The number of pyridine rings is 1. The molecule has 25 heavy (non-hydrogen) atoms. The maximum Gasteiger partial charge on any atom is 0.249 e. The van der Waals surface area contributed by atoms with E-state index in [1.165, 1.54) is 18.3 Å². The minimum Gasteiger partial charge on any atom is -0.339 e. The van der Waals surface area contributed by atoms with Crippen molar-refractivity contribution in [2.75, 3.05) is 10.6 Å². The molecule has 0 fully saturated rings. The van der Waals surface area contributed by atoms with Crippen molar-refractivity contribution in [2.45, 2.75) is 0 Å². The summed E-state index contributed by atoms with van der Waals surface area (Å²) in [5.74, 6) is 0.541. The molecular weight excluding hydrogens is 319 g/mol. The summed E-state index contributed by atoms with van der Waals surface area (Å²) in [6.45, 7) is 0. The summed E-state index contributed by atoms with van der Waals surface area (Å²) in [5.41, 5.74) is 2.32. The molecule has 2 N–H and O–H groups in total. The van der Waals surface area contributed by atoms with Gasteiger partial charge in [-0.1, -0.05) is 18.2 Å². The Morgan fingerprint density at radius 1 is 0.880 bits per heavy atom. The molecule has 4 aromatic rings. The van der Waals surface area contributed by atoms with Crippen molar-refractivity contribution in [3.8, 4) is 0 Å². The van der Waals surface area contributed by atoms with E-state index in [1.807, 2.05) is 30.3 Å². The standard InChI is InChI=1S/C18H13FN6/c19-13-6-8-14(9-7-13)22-16-11-21-25-18(24-16)23-15-5-1-3-12-4-2-10-20-17(12)15/h1-11H,(H2,22,23,24,25). The molecule has 6 nitrogen and oxygen atoms in total. The van der Waals surface area contributed by atoms with E-state index >= 15 is 0 Å². The first-order valence-electron chi connectivity index (χ1n) is 7.61. The van der Waals surface area contributed by atoms with E-state index < -0.39 is 0 Å². The second-order valence-electron chi connectivity index (χ2n) is 5.30. The second kappa shape index (κ2) is 6.48. The van der Waals surface area contributed by atoms with E-state index in [1.54, 1.807) is 18.3 Å². The lowest BCUT2D eigenvalue weighted by Gasteiger charge is -2.09. The van der Waals surface area contributed by atoms with Gasteiger partial charge < -0.3 is 10.6 Å². The Morgan fingerprint density at radius 3 is 2.60 bits per heavy atom. The van der Waals surface area contributed by atoms with Gasteiger partial charge in [-0.2, -0.15) is 10.1 Å². The van der Waals surface area contributed by atoms with Crippen molar-refractivity contribution in [3.63, 3.8) is 0 Å². The Bertz CT molecular complexity index is 1010. The molecular formula is C18H13FN6. The summed E-state index contributed by atoms with van der Waals surface area (Å²) in [6, 6.07) is 15.7. The Hall–Kier alpha value is -3.61. The largest absolute Gasteiger partial charge is 0.339 e. The highest BCUT2D eigenvalue weighted by atomic mass is 19.1. The van der Waals surface area contributed by atoms with Crippen LogP contribution in [0.2, 0.25) is 0 Å². The summed E-state index contributed by atoms with van der Waals surface area (Å²) in [5, 5.41) is 15.1. The Morgan fingerprint density at radius 2 is 1.72 bits per heavy atom. The number of hydrogen-bond acceptors (Lipinski definition) is 6. The highest BCUT2D eigenvalue weighted by molar-refractivity contribution is 5.91. The third-order valence-electron chi connectivity index (χ3n) is 3.55. The van der Waals surface area contributed by atoms with Crippen LogP contribution in [-0.4, -0.2) is 20.2 Å². The molecule has 0 unspecified atom stereocenters. The van der Waals surface area contributed by atoms with Gasteiger partial charge in [-0.3, -0.25) is 4.98 Å². The van der Waals surface area contributed by atoms with Crippen LogP contribution in [0.3, 0.4) is 0 Å². The first-order chi connectivity index (χ1) is 12.3. The van der Waals surface area contributed by atoms with E-state index in [4.69, 9.17) is 0 Å². The molecule has 122 valence electrons. The number of benzene rings is 2. The van der Waals surface area contributed by atoms with Gasteiger partial charge in [-0.25, -0.2) is 4.39 Å². The lowest BCUT2D eigenvalue weighted by molar-refractivity contribution is 0.628. The van der Waals surface area contributed by atoms with Crippen LogP contribution in [0.25, 0.3) is 10.9 Å². The van der Waals surface area contributed by atoms with Crippen LogP contribution in [0, 0.1) is 5.82 Å². The van der Waals surface area contributed by atoms with E-state index in [2.05, 4.69) is 30.8 Å². The first kappa shape index (κ1) is 14.9. The lowest BCUT2D eigenvalue weighted by atomic mass is 10.2. The molecule has 0 aliphatic heterocycles. The van der Waals surface area contributed by atoms with Gasteiger partial charge in [0.2, 0.25) is 5.95 Å². The summed E-state index contributed by atoms with van der Waals surface area (Å²) < 4.78 is 13.0. The van der Waals surface area contributed by atoms with Crippen LogP contribution in [0.15, 0.2) is 67.0 Å². The Kier molecular flexibility index (Phi) is 3.88. The quantitative estimate of drug-likeness (QED) is 0.587. The monoisotopic (exact) mass is 332 g/mol. The van der Waals surface area contributed by atoms with Crippen LogP contribution >= 0.6 is 0 Å². The molecule has 0 saturated carbocycles. The summed E-state index contributed by atoms with van der Waals surface area (Å²) in [4.78, 5) is 8.76. The van der Waals surface area contributed by atoms with Gasteiger partial charge in [0.1, 0.15) is 5.82 Å². The van der Waals surface area contributed by atoms with Gasteiger partial charge in [0.15, 0.2) is 5.82 Å². The molecule has 0 radical (unpaired) electrons. The Balaban J connectivity index is 1.60. The molecule has 0 aliphatic rings.